The summed E-state index contributed by atoms with van der Waals surface area (Å²) in [5, 5.41) is 0. The van der Waals surface area contributed by atoms with Gasteiger partial charge in [-0.15, -0.1) is 0 Å². The number of nitrogens with two attached hydrogens (primary N) is 1. The minimum Gasteiger partial charge on any atom is -0.378 e. The molecule has 0 aliphatic carbocycles. The summed E-state index contributed by atoms with van der Waals surface area (Å²) in [7, 11) is 2.16. The highest BCUT2D eigenvalue weighted by atomic mass is 16.5. The first kappa shape index (κ1) is 16.8. The highest BCUT2D eigenvalue weighted by molar-refractivity contribution is 5.78. The predicted molar refractivity (Wildman–Crippen MR) is 90.9 cm³/mol. The Kier molecular flexibility index (Phi) is 6.68. The molecule has 1 saturated heterocycles. The van der Waals surface area contributed by atoms with E-state index in [1.165, 1.54) is 5.56 Å². The number of benzene rings is 1. The molecule has 2 rings (SSSR count). The first-order chi connectivity index (χ1) is 10.7. The molecule has 2 N–H and O–H groups in total. The van der Waals surface area contributed by atoms with Gasteiger partial charge in [0.1, 0.15) is 0 Å². The number of morpholine rings is 1. The quantitative estimate of drug-likeness (QED) is 0.640. The van der Waals surface area contributed by atoms with Gasteiger partial charge in [-0.3, -0.25) is 9.89 Å². The number of guanidine groups is 1. The van der Waals surface area contributed by atoms with Crippen LogP contribution in [0.25, 0.3) is 0 Å². The molecule has 1 fully saturated rings. The fraction of sp³-hybridized carbons (Fsp3) is 0.588. The Balaban J connectivity index is 1.73. The number of ether oxygens (including phenoxy) is 1. The van der Waals surface area contributed by atoms with Gasteiger partial charge < -0.3 is 15.4 Å². The van der Waals surface area contributed by atoms with E-state index < -0.39 is 0 Å². The van der Waals surface area contributed by atoms with Crippen LogP contribution in [0, 0.1) is 0 Å². The summed E-state index contributed by atoms with van der Waals surface area (Å²) in [4.78, 5) is 8.97. The summed E-state index contributed by atoms with van der Waals surface area (Å²) >= 11 is 0. The van der Waals surface area contributed by atoms with Crippen molar-refractivity contribution in [2.45, 2.75) is 25.9 Å². The van der Waals surface area contributed by atoms with E-state index >= 15 is 0 Å². The van der Waals surface area contributed by atoms with Crippen LogP contribution in [0.5, 0.6) is 0 Å². The van der Waals surface area contributed by atoms with Gasteiger partial charge in [0, 0.05) is 32.2 Å². The van der Waals surface area contributed by atoms with Gasteiger partial charge in [0.05, 0.1) is 13.2 Å². The van der Waals surface area contributed by atoms with Crippen LogP contribution < -0.4 is 5.73 Å². The van der Waals surface area contributed by atoms with Crippen LogP contribution in [-0.4, -0.2) is 61.7 Å². The van der Waals surface area contributed by atoms with Crippen molar-refractivity contribution in [3.63, 3.8) is 0 Å². The standard InChI is InChI=1S/C17H28N4O/c1-15(20(2)14-16-6-4-3-5-7-16)8-9-19-17(18)21-10-12-22-13-11-21/h3-7,15H,8-14H2,1-2H3,(H2,18,19). The van der Waals surface area contributed by atoms with Crippen molar-refractivity contribution in [2.24, 2.45) is 10.7 Å². The Morgan fingerprint density at radius 2 is 2.00 bits per heavy atom. The normalized spacial score (nSPS) is 17.8. The molecule has 0 bridgehead atoms. The van der Waals surface area contributed by atoms with E-state index in [0.29, 0.717) is 12.0 Å². The minimum atomic E-state index is 0.474. The summed E-state index contributed by atoms with van der Waals surface area (Å²) in [5.74, 6) is 0.654. The zero-order chi connectivity index (χ0) is 15.8. The average molecular weight is 304 g/mol. The van der Waals surface area contributed by atoms with Gasteiger partial charge in [-0.1, -0.05) is 30.3 Å². The van der Waals surface area contributed by atoms with Crippen LogP contribution in [0.4, 0.5) is 0 Å². The van der Waals surface area contributed by atoms with Gasteiger partial charge in [0.2, 0.25) is 0 Å². The fourth-order valence-electron chi connectivity index (χ4n) is 2.51. The highest BCUT2D eigenvalue weighted by Gasteiger charge is 2.13. The molecule has 0 saturated carbocycles. The molecule has 1 unspecified atom stereocenters. The lowest BCUT2D eigenvalue weighted by Crippen LogP contribution is -2.45. The minimum absolute atomic E-state index is 0.474. The van der Waals surface area contributed by atoms with Gasteiger partial charge in [-0.25, -0.2) is 0 Å². The van der Waals surface area contributed by atoms with E-state index in [1.807, 2.05) is 0 Å². The van der Waals surface area contributed by atoms with Crippen molar-refractivity contribution in [1.82, 2.24) is 9.80 Å². The summed E-state index contributed by atoms with van der Waals surface area (Å²) in [6.45, 7) is 7.15. The van der Waals surface area contributed by atoms with Crippen molar-refractivity contribution in [3.8, 4) is 0 Å². The first-order valence-electron chi connectivity index (χ1n) is 8.03. The third-order valence-electron chi connectivity index (χ3n) is 4.18. The molecular weight excluding hydrogens is 276 g/mol. The Morgan fingerprint density at radius 3 is 2.68 bits per heavy atom. The highest BCUT2D eigenvalue weighted by Crippen LogP contribution is 2.08. The summed E-state index contributed by atoms with van der Waals surface area (Å²) in [6, 6.07) is 11.0. The van der Waals surface area contributed by atoms with Crippen molar-refractivity contribution in [1.29, 1.82) is 0 Å². The molecule has 0 radical (unpaired) electrons. The summed E-state index contributed by atoms with van der Waals surface area (Å²) in [6.07, 6.45) is 1.01. The number of nitrogens with zero attached hydrogens (tertiary/aromatic N) is 3. The number of aliphatic imine (C=N–C) groups is 1. The zero-order valence-electron chi connectivity index (χ0n) is 13.7. The van der Waals surface area contributed by atoms with E-state index in [2.05, 4.69) is 59.1 Å². The zero-order valence-corrected chi connectivity index (χ0v) is 13.7. The van der Waals surface area contributed by atoms with E-state index in [9.17, 15) is 0 Å². The second-order valence-corrected chi connectivity index (χ2v) is 5.88. The van der Waals surface area contributed by atoms with Crippen LogP contribution in [0.15, 0.2) is 35.3 Å². The summed E-state index contributed by atoms with van der Waals surface area (Å²) < 4.78 is 5.32. The Bertz CT molecular complexity index is 457. The molecule has 1 aromatic rings. The molecule has 1 atom stereocenters. The maximum atomic E-state index is 6.04. The molecular formula is C17H28N4O. The maximum absolute atomic E-state index is 6.04. The van der Waals surface area contributed by atoms with Gasteiger partial charge in [-0.05, 0) is 26.0 Å². The van der Waals surface area contributed by atoms with Crippen LogP contribution in [0.3, 0.4) is 0 Å². The largest absolute Gasteiger partial charge is 0.378 e. The third kappa shape index (κ3) is 5.31. The Morgan fingerprint density at radius 1 is 1.32 bits per heavy atom. The van der Waals surface area contributed by atoms with Crippen LogP contribution >= 0.6 is 0 Å². The smallest absolute Gasteiger partial charge is 0.191 e. The summed E-state index contributed by atoms with van der Waals surface area (Å²) in [5.41, 5.74) is 7.38. The maximum Gasteiger partial charge on any atom is 0.191 e. The molecule has 1 aliphatic rings. The van der Waals surface area contributed by atoms with Crippen molar-refractivity contribution in [3.05, 3.63) is 35.9 Å². The first-order valence-corrected chi connectivity index (χ1v) is 8.03. The molecule has 1 aliphatic heterocycles. The third-order valence-corrected chi connectivity index (χ3v) is 4.18. The van der Waals surface area contributed by atoms with Gasteiger partial charge in [0.15, 0.2) is 5.96 Å². The lowest BCUT2D eigenvalue weighted by atomic mass is 10.1. The number of rotatable bonds is 6. The molecule has 5 nitrogen and oxygen atoms in total. The molecule has 1 aromatic carbocycles. The molecule has 0 aromatic heterocycles. The fourth-order valence-corrected chi connectivity index (χ4v) is 2.51. The predicted octanol–water partition coefficient (Wildman–Crippen LogP) is 1.54. The second-order valence-electron chi connectivity index (χ2n) is 5.88. The Hall–Kier alpha value is -1.59. The van der Waals surface area contributed by atoms with E-state index in [-0.39, 0.29) is 0 Å². The van der Waals surface area contributed by atoms with Crippen molar-refractivity contribution in [2.75, 3.05) is 39.9 Å². The molecule has 1 heterocycles. The number of hydrogen-bond acceptors (Lipinski definition) is 3. The van der Waals surface area contributed by atoms with Gasteiger partial charge in [0.25, 0.3) is 0 Å². The van der Waals surface area contributed by atoms with Gasteiger partial charge in [-0.2, -0.15) is 0 Å². The lowest BCUT2D eigenvalue weighted by molar-refractivity contribution is 0.0674. The van der Waals surface area contributed by atoms with E-state index in [4.69, 9.17) is 10.5 Å². The molecule has 5 heteroatoms. The molecule has 0 spiro atoms. The SMILES string of the molecule is CC(CCN=C(N)N1CCOCC1)N(C)Cc1ccccc1. The van der Waals surface area contributed by atoms with Gasteiger partial charge >= 0.3 is 0 Å². The monoisotopic (exact) mass is 304 g/mol. The van der Waals surface area contributed by atoms with Crippen LogP contribution in [0.2, 0.25) is 0 Å². The van der Waals surface area contributed by atoms with Crippen LogP contribution in [-0.2, 0) is 11.3 Å². The van der Waals surface area contributed by atoms with Crippen molar-refractivity contribution >= 4 is 5.96 Å². The molecule has 122 valence electrons. The Labute approximate surface area is 133 Å². The average Bonchev–Trinajstić information content (AvgIpc) is 2.56. The molecule has 22 heavy (non-hydrogen) atoms. The topological polar surface area (TPSA) is 54.1 Å². The van der Waals surface area contributed by atoms with Crippen LogP contribution in [0.1, 0.15) is 18.9 Å². The van der Waals surface area contributed by atoms with Crippen molar-refractivity contribution < 1.29 is 4.74 Å². The van der Waals surface area contributed by atoms with E-state index in [0.717, 1.165) is 45.8 Å². The lowest BCUT2D eigenvalue weighted by Gasteiger charge is -2.28. The van der Waals surface area contributed by atoms with E-state index in [1.54, 1.807) is 0 Å². The molecule has 0 amide bonds. The number of hydrogen-bond donors (Lipinski definition) is 1. The second kappa shape index (κ2) is 8.76.